The molecule has 0 aliphatic carbocycles. The highest BCUT2D eigenvalue weighted by molar-refractivity contribution is 6.34. The van der Waals surface area contributed by atoms with E-state index in [0.29, 0.717) is 39.4 Å². The molecule has 0 aromatic heterocycles. The van der Waals surface area contributed by atoms with E-state index in [2.05, 4.69) is 0 Å². The zero-order valence-electron chi connectivity index (χ0n) is 11.2. The third kappa shape index (κ3) is 3.80. The van der Waals surface area contributed by atoms with Gasteiger partial charge in [-0.2, -0.15) is 0 Å². The molecule has 110 valence electrons. The van der Waals surface area contributed by atoms with E-state index in [1.807, 2.05) is 0 Å². The van der Waals surface area contributed by atoms with E-state index in [1.165, 1.54) is 6.07 Å². The molecular formula is C15H13Cl2NO3. The molecule has 0 aliphatic heterocycles. The number of esters is 1. The minimum absolute atomic E-state index is 0.301. The maximum atomic E-state index is 11.6. The van der Waals surface area contributed by atoms with Crippen LogP contribution < -0.4 is 10.5 Å². The van der Waals surface area contributed by atoms with Gasteiger partial charge in [0.2, 0.25) is 0 Å². The number of nitrogens with two attached hydrogens (primary N) is 1. The summed E-state index contributed by atoms with van der Waals surface area (Å²) < 4.78 is 10.5. The molecule has 4 nitrogen and oxygen atoms in total. The van der Waals surface area contributed by atoms with Crippen molar-refractivity contribution in [1.82, 2.24) is 0 Å². The number of ether oxygens (including phenoxy) is 2. The van der Waals surface area contributed by atoms with E-state index in [-0.39, 0.29) is 0 Å². The van der Waals surface area contributed by atoms with Gasteiger partial charge in [-0.05, 0) is 37.3 Å². The Kier molecular flexibility index (Phi) is 4.94. The highest BCUT2D eigenvalue weighted by Crippen LogP contribution is 2.34. The average Bonchev–Trinajstić information content (AvgIpc) is 2.45. The summed E-state index contributed by atoms with van der Waals surface area (Å²) in [7, 11) is 0. The number of rotatable bonds is 4. The molecular weight excluding hydrogens is 313 g/mol. The van der Waals surface area contributed by atoms with Gasteiger partial charge in [-0.15, -0.1) is 0 Å². The van der Waals surface area contributed by atoms with Crippen molar-refractivity contribution in [1.29, 1.82) is 0 Å². The maximum Gasteiger partial charge on any atom is 0.338 e. The number of hydrogen-bond acceptors (Lipinski definition) is 4. The Bertz CT molecular complexity index is 674. The lowest BCUT2D eigenvalue weighted by Crippen LogP contribution is -2.05. The second-order valence-electron chi connectivity index (χ2n) is 4.15. The standard InChI is InChI=1S/C15H13Cl2NO3/c1-2-20-15(19)9-3-6-13(12(18)7-9)21-14-8-10(16)4-5-11(14)17/h3-8H,2,18H2,1H3. The van der Waals surface area contributed by atoms with Crippen LogP contribution in [-0.4, -0.2) is 12.6 Å². The second-order valence-corrected chi connectivity index (χ2v) is 4.99. The van der Waals surface area contributed by atoms with Gasteiger partial charge >= 0.3 is 5.97 Å². The Morgan fingerprint density at radius 3 is 2.57 bits per heavy atom. The topological polar surface area (TPSA) is 61.5 Å². The normalized spacial score (nSPS) is 10.2. The number of benzene rings is 2. The Balaban J connectivity index is 2.25. The van der Waals surface area contributed by atoms with Gasteiger partial charge in [-0.3, -0.25) is 0 Å². The lowest BCUT2D eigenvalue weighted by Gasteiger charge is -2.11. The molecule has 0 spiro atoms. The van der Waals surface area contributed by atoms with Gasteiger partial charge in [0.1, 0.15) is 11.5 Å². The first-order valence-corrected chi connectivity index (χ1v) is 6.96. The fraction of sp³-hybridized carbons (Fsp3) is 0.133. The van der Waals surface area contributed by atoms with E-state index in [4.69, 9.17) is 38.4 Å². The van der Waals surface area contributed by atoms with E-state index in [9.17, 15) is 4.79 Å². The van der Waals surface area contributed by atoms with Crippen molar-refractivity contribution in [3.05, 3.63) is 52.0 Å². The van der Waals surface area contributed by atoms with Crippen LogP contribution in [0, 0.1) is 0 Å². The van der Waals surface area contributed by atoms with Crippen molar-refractivity contribution in [2.24, 2.45) is 0 Å². The summed E-state index contributed by atoms with van der Waals surface area (Å²) in [6, 6.07) is 9.52. The zero-order chi connectivity index (χ0) is 15.4. The summed E-state index contributed by atoms with van der Waals surface area (Å²) >= 11 is 11.9. The van der Waals surface area contributed by atoms with Crippen molar-refractivity contribution in [3.8, 4) is 11.5 Å². The average molecular weight is 326 g/mol. The number of nitrogen functional groups attached to an aromatic ring is 1. The van der Waals surface area contributed by atoms with Crippen molar-refractivity contribution in [3.63, 3.8) is 0 Å². The van der Waals surface area contributed by atoms with Crippen LogP contribution in [0.1, 0.15) is 17.3 Å². The van der Waals surface area contributed by atoms with Crippen LogP contribution >= 0.6 is 23.2 Å². The predicted molar refractivity (Wildman–Crippen MR) is 83.3 cm³/mol. The monoisotopic (exact) mass is 325 g/mol. The van der Waals surface area contributed by atoms with Gasteiger partial charge in [0.05, 0.1) is 22.9 Å². The van der Waals surface area contributed by atoms with Crippen LogP contribution in [0.5, 0.6) is 11.5 Å². The molecule has 0 fully saturated rings. The molecule has 2 rings (SSSR count). The van der Waals surface area contributed by atoms with Gasteiger partial charge in [-0.25, -0.2) is 4.79 Å². The fourth-order valence-corrected chi connectivity index (χ4v) is 1.97. The molecule has 2 aromatic carbocycles. The lowest BCUT2D eigenvalue weighted by atomic mass is 10.2. The van der Waals surface area contributed by atoms with E-state index in [1.54, 1.807) is 37.3 Å². The van der Waals surface area contributed by atoms with Crippen molar-refractivity contribution >= 4 is 34.9 Å². The van der Waals surface area contributed by atoms with Crippen molar-refractivity contribution in [2.75, 3.05) is 12.3 Å². The molecule has 6 heteroatoms. The SMILES string of the molecule is CCOC(=O)c1ccc(Oc2cc(Cl)ccc2Cl)c(N)c1. The molecule has 0 unspecified atom stereocenters. The Labute approximate surface area is 132 Å². The molecule has 0 atom stereocenters. The van der Waals surface area contributed by atoms with Crippen LogP contribution in [0.2, 0.25) is 10.0 Å². The summed E-state index contributed by atoms with van der Waals surface area (Å²) in [6.07, 6.45) is 0. The predicted octanol–water partition coefficient (Wildman–Crippen LogP) is 4.54. The van der Waals surface area contributed by atoms with Gasteiger partial charge in [0.25, 0.3) is 0 Å². The summed E-state index contributed by atoms with van der Waals surface area (Å²) in [6.45, 7) is 2.04. The van der Waals surface area contributed by atoms with Gasteiger partial charge in [-0.1, -0.05) is 23.2 Å². The molecule has 2 N–H and O–H groups in total. The van der Waals surface area contributed by atoms with E-state index in [0.717, 1.165) is 0 Å². The quantitative estimate of drug-likeness (QED) is 0.662. The molecule has 0 saturated heterocycles. The first-order valence-electron chi connectivity index (χ1n) is 6.20. The first-order chi connectivity index (χ1) is 10.0. The zero-order valence-corrected chi connectivity index (χ0v) is 12.7. The maximum absolute atomic E-state index is 11.6. The Hall–Kier alpha value is -1.91. The fourth-order valence-electron chi connectivity index (χ4n) is 1.66. The summed E-state index contributed by atoms with van der Waals surface area (Å²) in [5.74, 6) is 0.337. The lowest BCUT2D eigenvalue weighted by molar-refractivity contribution is 0.0526. The van der Waals surface area contributed by atoms with Crippen molar-refractivity contribution < 1.29 is 14.3 Å². The van der Waals surface area contributed by atoms with Gasteiger partial charge in [0, 0.05) is 11.1 Å². The molecule has 0 amide bonds. The minimum atomic E-state index is -0.434. The smallest absolute Gasteiger partial charge is 0.338 e. The van der Waals surface area contributed by atoms with Crippen molar-refractivity contribution in [2.45, 2.75) is 6.92 Å². The van der Waals surface area contributed by atoms with E-state index < -0.39 is 5.97 Å². The molecule has 0 radical (unpaired) electrons. The Morgan fingerprint density at radius 1 is 1.14 bits per heavy atom. The number of halogens is 2. The van der Waals surface area contributed by atoms with Crippen LogP contribution in [0.15, 0.2) is 36.4 Å². The van der Waals surface area contributed by atoms with Crippen LogP contribution in [-0.2, 0) is 4.74 Å². The summed E-state index contributed by atoms with van der Waals surface area (Å²) in [5, 5.41) is 0.907. The van der Waals surface area contributed by atoms with Crippen LogP contribution in [0.25, 0.3) is 0 Å². The first kappa shape index (κ1) is 15.5. The number of anilines is 1. The minimum Gasteiger partial charge on any atom is -0.462 e. The highest BCUT2D eigenvalue weighted by Gasteiger charge is 2.11. The third-order valence-electron chi connectivity index (χ3n) is 2.63. The van der Waals surface area contributed by atoms with Gasteiger partial charge in [0.15, 0.2) is 0 Å². The molecule has 0 aliphatic rings. The number of carbonyl (C=O) groups excluding carboxylic acids is 1. The second kappa shape index (κ2) is 6.70. The van der Waals surface area contributed by atoms with E-state index >= 15 is 0 Å². The molecule has 2 aromatic rings. The molecule has 21 heavy (non-hydrogen) atoms. The summed E-state index contributed by atoms with van der Waals surface area (Å²) in [4.78, 5) is 11.6. The highest BCUT2D eigenvalue weighted by atomic mass is 35.5. The third-order valence-corrected chi connectivity index (χ3v) is 3.18. The van der Waals surface area contributed by atoms with Crippen LogP contribution in [0.3, 0.4) is 0 Å². The number of carbonyl (C=O) groups is 1. The Morgan fingerprint density at radius 2 is 1.90 bits per heavy atom. The largest absolute Gasteiger partial charge is 0.462 e. The van der Waals surface area contributed by atoms with Crippen LogP contribution in [0.4, 0.5) is 5.69 Å². The molecule has 0 saturated carbocycles. The molecule has 0 bridgehead atoms. The molecule has 0 heterocycles. The summed E-state index contributed by atoms with van der Waals surface area (Å²) in [5.41, 5.74) is 6.54. The number of hydrogen-bond donors (Lipinski definition) is 1. The van der Waals surface area contributed by atoms with Gasteiger partial charge < -0.3 is 15.2 Å².